The fraction of sp³-hybridized carbons (Fsp3) is 0.360. The first-order valence-electron chi connectivity index (χ1n) is 11.8. The van der Waals surface area contributed by atoms with E-state index in [0.717, 1.165) is 15.9 Å². The van der Waals surface area contributed by atoms with Gasteiger partial charge in [-0.2, -0.15) is 0 Å². The lowest BCUT2D eigenvalue weighted by Crippen LogP contribution is -2.49. The minimum atomic E-state index is -1.20. The number of H-pyrrole nitrogens is 1. The van der Waals surface area contributed by atoms with Gasteiger partial charge >= 0.3 is 11.7 Å². The van der Waals surface area contributed by atoms with Crippen molar-refractivity contribution in [1.82, 2.24) is 24.7 Å². The van der Waals surface area contributed by atoms with Crippen molar-refractivity contribution in [3.63, 3.8) is 0 Å². The average Bonchev–Trinajstić information content (AvgIpc) is 3.33. The van der Waals surface area contributed by atoms with E-state index in [4.69, 9.17) is 4.74 Å². The van der Waals surface area contributed by atoms with Crippen LogP contribution in [0.1, 0.15) is 30.9 Å². The van der Waals surface area contributed by atoms with Crippen LogP contribution in [0, 0.1) is 0 Å². The lowest BCUT2D eigenvalue weighted by molar-refractivity contribution is -0.140. The van der Waals surface area contributed by atoms with Gasteiger partial charge < -0.3 is 19.9 Å². The minimum Gasteiger partial charge on any atom is -0.493 e. The molecule has 0 radical (unpaired) electrons. The molecule has 1 aromatic heterocycles. The molecule has 2 aromatic carbocycles. The number of piperidine rings is 1. The molecule has 4 heterocycles. The van der Waals surface area contributed by atoms with Crippen LogP contribution in [0.15, 0.2) is 53.3 Å². The zero-order chi connectivity index (χ0) is 24.2. The number of urea groups is 1. The summed E-state index contributed by atoms with van der Waals surface area (Å²) in [7, 11) is 0. The molecule has 180 valence electrons. The molecule has 0 bridgehead atoms. The Bertz CT molecular complexity index is 1400. The number of nitrogens with one attached hydrogen (secondary N) is 2. The van der Waals surface area contributed by atoms with Crippen LogP contribution in [0.25, 0.3) is 11.0 Å². The molecule has 3 aliphatic rings. The van der Waals surface area contributed by atoms with Gasteiger partial charge in [0.1, 0.15) is 12.3 Å². The second kappa shape index (κ2) is 8.00. The Hall–Kier alpha value is -4.08. The number of benzene rings is 2. The Balaban J connectivity index is 1.15. The van der Waals surface area contributed by atoms with Crippen molar-refractivity contribution in [2.24, 2.45) is 0 Å². The number of likely N-dealkylation sites (tertiary alicyclic amines) is 1. The topological polar surface area (TPSA) is 117 Å². The number of carbonyl (C=O) groups is 3. The van der Waals surface area contributed by atoms with Gasteiger partial charge in [-0.1, -0.05) is 30.3 Å². The second-order valence-corrected chi connectivity index (χ2v) is 9.25. The Morgan fingerprint density at radius 3 is 2.60 bits per heavy atom. The Labute approximate surface area is 200 Å². The normalized spacial score (nSPS) is 22.4. The number of hydrogen-bond donors (Lipinski definition) is 2. The van der Waals surface area contributed by atoms with E-state index < -0.39 is 17.5 Å². The van der Waals surface area contributed by atoms with Crippen LogP contribution in [0.2, 0.25) is 0 Å². The van der Waals surface area contributed by atoms with E-state index in [9.17, 15) is 19.2 Å². The smallest absolute Gasteiger partial charge is 0.326 e. The van der Waals surface area contributed by atoms with Crippen molar-refractivity contribution in [3.05, 3.63) is 64.6 Å². The summed E-state index contributed by atoms with van der Waals surface area (Å²) in [6.07, 6.45) is 1.54. The molecular formula is C25H25N5O5. The van der Waals surface area contributed by atoms with E-state index in [1.807, 2.05) is 30.3 Å². The molecule has 3 aliphatic heterocycles. The Morgan fingerprint density at radius 1 is 1.03 bits per heavy atom. The number of imidazole rings is 1. The molecule has 6 rings (SSSR count). The molecule has 0 saturated carbocycles. The minimum absolute atomic E-state index is 0.0265. The first-order valence-corrected chi connectivity index (χ1v) is 11.8. The zero-order valence-corrected chi connectivity index (χ0v) is 19.0. The molecule has 0 aliphatic carbocycles. The molecule has 1 atom stereocenters. The van der Waals surface area contributed by atoms with Gasteiger partial charge in [0.25, 0.3) is 5.91 Å². The molecule has 2 N–H and O–H groups in total. The van der Waals surface area contributed by atoms with Crippen molar-refractivity contribution < 1.29 is 19.1 Å². The van der Waals surface area contributed by atoms with E-state index in [0.29, 0.717) is 50.3 Å². The fourth-order valence-corrected chi connectivity index (χ4v) is 5.56. The number of para-hydroxylation sites is 3. The van der Waals surface area contributed by atoms with Gasteiger partial charge in [-0.15, -0.1) is 0 Å². The highest BCUT2D eigenvalue weighted by Gasteiger charge is 2.55. The number of rotatable bonds is 3. The molecule has 4 amide bonds. The third kappa shape index (κ3) is 3.31. The molecule has 1 unspecified atom stereocenters. The first-order chi connectivity index (χ1) is 17.0. The van der Waals surface area contributed by atoms with E-state index in [-0.39, 0.29) is 24.2 Å². The largest absolute Gasteiger partial charge is 0.493 e. The second-order valence-electron chi connectivity index (χ2n) is 9.25. The van der Waals surface area contributed by atoms with E-state index in [1.165, 1.54) is 0 Å². The maximum absolute atomic E-state index is 13.4. The lowest BCUT2D eigenvalue weighted by Gasteiger charge is -2.34. The molecule has 2 fully saturated rings. The summed E-state index contributed by atoms with van der Waals surface area (Å²) >= 11 is 0. The number of hydrogen-bond acceptors (Lipinski definition) is 5. The standard InChI is InChI=1S/C25H25N5O5/c31-21(28-12-9-16(10-13-28)30-19-7-3-2-6-18(19)26-23(30)33)15-29-22(32)25(27-24(29)34)11-14-35-20-8-4-1-5-17(20)25/h1-8,16H,9-15H2,(H,26,33)(H,27,34). The summed E-state index contributed by atoms with van der Waals surface area (Å²) < 4.78 is 7.42. The van der Waals surface area contributed by atoms with Crippen LogP contribution in [-0.2, 0) is 15.1 Å². The first kappa shape index (κ1) is 21.5. The maximum Gasteiger partial charge on any atom is 0.326 e. The summed E-state index contributed by atoms with van der Waals surface area (Å²) in [4.78, 5) is 57.4. The van der Waals surface area contributed by atoms with Crippen LogP contribution < -0.4 is 15.7 Å². The maximum atomic E-state index is 13.4. The van der Waals surface area contributed by atoms with Gasteiger partial charge in [0.15, 0.2) is 5.54 Å². The number of carbonyl (C=O) groups excluding carboxylic acids is 3. The van der Waals surface area contributed by atoms with Crippen molar-refractivity contribution in [2.45, 2.75) is 30.8 Å². The van der Waals surface area contributed by atoms with Gasteiger partial charge in [0.05, 0.1) is 17.6 Å². The van der Waals surface area contributed by atoms with Crippen molar-refractivity contribution in [3.8, 4) is 5.75 Å². The SMILES string of the molecule is O=C(CN1C(=O)NC2(CCOc3ccccc32)C1=O)N1CCC(n2c(=O)[nH]c3ccccc32)CC1. The van der Waals surface area contributed by atoms with E-state index in [1.54, 1.807) is 27.7 Å². The monoisotopic (exact) mass is 475 g/mol. The predicted molar refractivity (Wildman–Crippen MR) is 126 cm³/mol. The molecule has 3 aromatic rings. The van der Waals surface area contributed by atoms with E-state index in [2.05, 4.69) is 10.3 Å². The third-order valence-electron chi connectivity index (χ3n) is 7.36. The fourth-order valence-electron chi connectivity index (χ4n) is 5.56. The van der Waals surface area contributed by atoms with Gasteiger partial charge in [-0.3, -0.25) is 19.1 Å². The quantitative estimate of drug-likeness (QED) is 0.560. The summed E-state index contributed by atoms with van der Waals surface area (Å²) in [6.45, 7) is 0.876. The molecule has 2 saturated heterocycles. The molecule has 10 heteroatoms. The van der Waals surface area contributed by atoms with E-state index >= 15 is 0 Å². The summed E-state index contributed by atoms with van der Waals surface area (Å²) in [5, 5.41) is 2.83. The number of aromatic nitrogens is 2. The average molecular weight is 476 g/mol. The molecular weight excluding hydrogens is 450 g/mol. The summed E-state index contributed by atoms with van der Waals surface area (Å²) in [6, 6.07) is 14.1. The van der Waals surface area contributed by atoms with Crippen LogP contribution in [0.5, 0.6) is 5.75 Å². The highest BCUT2D eigenvalue weighted by atomic mass is 16.5. The third-order valence-corrected chi connectivity index (χ3v) is 7.36. The van der Waals surface area contributed by atoms with Crippen LogP contribution in [0.4, 0.5) is 4.79 Å². The Kier molecular flexibility index (Phi) is 4.91. The highest BCUT2D eigenvalue weighted by molar-refractivity contribution is 6.09. The highest BCUT2D eigenvalue weighted by Crippen LogP contribution is 2.41. The van der Waals surface area contributed by atoms with Crippen LogP contribution in [0.3, 0.4) is 0 Å². The number of fused-ring (bicyclic) bond motifs is 3. The summed E-state index contributed by atoms with van der Waals surface area (Å²) in [5.74, 6) is -0.141. The number of aromatic amines is 1. The van der Waals surface area contributed by atoms with Gasteiger partial charge in [-0.25, -0.2) is 9.59 Å². The number of amides is 4. The Morgan fingerprint density at radius 2 is 1.77 bits per heavy atom. The summed E-state index contributed by atoms with van der Waals surface area (Å²) in [5.41, 5.74) is 0.902. The van der Waals surface area contributed by atoms with Crippen molar-refractivity contribution in [1.29, 1.82) is 0 Å². The number of imide groups is 1. The zero-order valence-electron chi connectivity index (χ0n) is 19.0. The lowest BCUT2D eigenvalue weighted by atomic mass is 9.84. The molecule has 1 spiro atoms. The van der Waals surface area contributed by atoms with Gasteiger partial charge in [-0.05, 0) is 31.0 Å². The van der Waals surface area contributed by atoms with Crippen LogP contribution in [-0.4, -0.2) is 63.4 Å². The van der Waals surface area contributed by atoms with Crippen molar-refractivity contribution in [2.75, 3.05) is 26.2 Å². The van der Waals surface area contributed by atoms with Gasteiger partial charge in [0.2, 0.25) is 5.91 Å². The predicted octanol–water partition coefficient (Wildman–Crippen LogP) is 1.72. The van der Waals surface area contributed by atoms with Crippen molar-refractivity contribution >= 4 is 28.9 Å². The molecule has 35 heavy (non-hydrogen) atoms. The molecule has 10 nitrogen and oxygen atoms in total. The van der Waals surface area contributed by atoms with Gasteiger partial charge in [0, 0.05) is 31.1 Å². The number of nitrogens with zero attached hydrogens (tertiary/aromatic N) is 3. The van der Waals surface area contributed by atoms with Crippen LogP contribution >= 0.6 is 0 Å². The number of ether oxygens (including phenoxy) is 1.